The van der Waals surface area contributed by atoms with Crippen molar-refractivity contribution < 1.29 is 14.3 Å². The Hall–Kier alpha value is -1.34. The van der Waals surface area contributed by atoms with E-state index < -0.39 is 0 Å². The summed E-state index contributed by atoms with van der Waals surface area (Å²) in [5.41, 5.74) is 0. The molecule has 0 radical (unpaired) electrons. The Balaban J connectivity index is 1.69. The van der Waals surface area contributed by atoms with Crippen LogP contribution in [0.5, 0.6) is 0 Å². The number of likely N-dealkylation sites (N-methyl/N-ethyl adjacent to an activating group) is 1. The van der Waals surface area contributed by atoms with Crippen molar-refractivity contribution in [3.05, 3.63) is 0 Å². The number of hydrogen-bond donors (Lipinski definition) is 2. The number of carbonyl (C=O) groups excluding carboxylic acids is 2. The lowest BCUT2D eigenvalue weighted by Crippen LogP contribution is -2.55. The fourth-order valence-electron chi connectivity index (χ4n) is 2.94. The minimum Gasteiger partial charge on any atom is -0.376 e. The Bertz CT molecular complexity index is 377. The smallest absolute Gasteiger partial charge is 0.317 e. The van der Waals surface area contributed by atoms with Gasteiger partial charge in [0.1, 0.15) is 0 Å². The normalized spacial score (nSPS) is 24.1. The number of urea groups is 1. The van der Waals surface area contributed by atoms with Crippen molar-refractivity contribution in [1.82, 2.24) is 20.4 Å². The molecule has 2 heterocycles. The Morgan fingerprint density at radius 2 is 2.00 bits per heavy atom. The molecule has 2 aliphatic heterocycles. The summed E-state index contributed by atoms with van der Waals surface area (Å²) in [4.78, 5) is 27.7. The van der Waals surface area contributed by atoms with E-state index in [0.29, 0.717) is 26.2 Å². The van der Waals surface area contributed by atoms with Crippen LogP contribution in [0.4, 0.5) is 4.79 Å². The number of piperazine rings is 1. The number of nitrogens with one attached hydrogen (secondary N) is 2. The van der Waals surface area contributed by atoms with E-state index in [9.17, 15) is 9.59 Å². The topological polar surface area (TPSA) is 73.9 Å². The second-order valence-electron chi connectivity index (χ2n) is 6.01. The molecule has 7 nitrogen and oxygen atoms in total. The van der Waals surface area contributed by atoms with E-state index in [1.807, 2.05) is 18.7 Å². The molecule has 2 atom stereocenters. The summed E-state index contributed by atoms with van der Waals surface area (Å²) >= 11 is 0. The first-order valence-electron chi connectivity index (χ1n) is 8.26. The van der Waals surface area contributed by atoms with Gasteiger partial charge in [0.15, 0.2) is 0 Å². The quantitative estimate of drug-likeness (QED) is 0.750. The minimum atomic E-state index is -0.0272. The molecule has 0 aromatic carbocycles. The van der Waals surface area contributed by atoms with Gasteiger partial charge in [-0.2, -0.15) is 0 Å². The number of nitrogens with zero attached hydrogens (tertiary/aromatic N) is 2. The molecule has 0 aliphatic carbocycles. The van der Waals surface area contributed by atoms with E-state index in [1.165, 1.54) is 0 Å². The first kappa shape index (κ1) is 17.0. The summed E-state index contributed by atoms with van der Waals surface area (Å²) in [5, 5.41) is 5.83. The third kappa shape index (κ3) is 4.84. The maximum atomic E-state index is 12.3. The van der Waals surface area contributed by atoms with Gasteiger partial charge in [0.05, 0.1) is 18.7 Å². The van der Waals surface area contributed by atoms with Crippen molar-refractivity contribution in [2.75, 3.05) is 45.9 Å². The van der Waals surface area contributed by atoms with Crippen molar-refractivity contribution in [3.63, 3.8) is 0 Å². The number of ether oxygens (including phenoxy) is 1. The molecular formula is C15H28N4O3. The van der Waals surface area contributed by atoms with Gasteiger partial charge in [0.2, 0.25) is 5.91 Å². The molecule has 2 saturated heterocycles. The molecule has 0 spiro atoms. The lowest BCUT2D eigenvalue weighted by molar-refractivity contribution is -0.122. The average molecular weight is 312 g/mol. The first-order chi connectivity index (χ1) is 10.6. The van der Waals surface area contributed by atoms with Crippen LogP contribution in [0.25, 0.3) is 0 Å². The van der Waals surface area contributed by atoms with Crippen molar-refractivity contribution in [2.24, 2.45) is 0 Å². The molecule has 3 amide bonds. The second-order valence-corrected chi connectivity index (χ2v) is 6.01. The zero-order chi connectivity index (χ0) is 15.9. The van der Waals surface area contributed by atoms with Gasteiger partial charge in [0, 0.05) is 39.3 Å². The van der Waals surface area contributed by atoms with E-state index >= 15 is 0 Å². The van der Waals surface area contributed by atoms with Gasteiger partial charge in [-0.15, -0.1) is 0 Å². The van der Waals surface area contributed by atoms with Gasteiger partial charge in [-0.3, -0.25) is 9.69 Å². The molecule has 7 heteroatoms. The highest BCUT2D eigenvalue weighted by atomic mass is 16.5. The number of rotatable bonds is 5. The number of carbonyl (C=O) groups is 2. The molecule has 126 valence electrons. The Morgan fingerprint density at radius 1 is 1.27 bits per heavy atom. The molecule has 0 bridgehead atoms. The van der Waals surface area contributed by atoms with Crippen LogP contribution in [-0.4, -0.2) is 79.8 Å². The largest absolute Gasteiger partial charge is 0.376 e. The predicted octanol–water partition coefficient (Wildman–Crippen LogP) is 0.0172. The maximum absolute atomic E-state index is 12.3. The van der Waals surface area contributed by atoms with Crippen LogP contribution in [0.1, 0.15) is 26.7 Å². The van der Waals surface area contributed by atoms with Gasteiger partial charge in [-0.05, 0) is 26.7 Å². The molecular weight excluding hydrogens is 284 g/mol. The highest BCUT2D eigenvalue weighted by Gasteiger charge is 2.27. The minimum absolute atomic E-state index is 0.0272. The van der Waals surface area contributed by atoms with Crippen molar-refractivity contribution >= 4 is 11.9 Å². The SMILES string of the molecule is CCNC(=O)CN1CCN(C(=O)NC(C)C2CCCO2)CC1. The summed E-state index contributed by atoms with van der Waals surface area (Å²) in [6.45, 7) is 8.56. The summed E-state index contributed by atoms with van der Waals surface area (Å²) in [7, 11) is 0. The molecule has 2 fully saturated rings. The van der Waals surface area contributed by atoms with E-state index in [1.54, 1.807) is 0 Å². The van der Waals surface area contributed by atoms with E-state index in [0.717, 1.165) is 32.5 Å². The molecule has 2 N–H and O–H groups in total. The maximum Gasteiger partial charge on any atom is 0.317 e. The fraction of sp³-hybridized carbons (Fsp3) is 0.867. The van der Waals surface area contributed by atoms with Gasteiger partial charge in [-0.25, -0.2) is 4.79 Å². The van der Waals surface area contributed by atoms with Crippen LogP contribution in [-0.2, 0) is 9.53 Å². The average Bonchev–Trinajstić information content (AvgIpc) is 3.02. The molecule has 0 aromatic heterocycles. The van der Waals surface area contributed by atoms with Gasteiger partial charge in [0.25, 0.3) is 0 Å². The lowest BCUT2D eigenvalue weighted by Gasteiger charge is -2.35. The highest BCUT2D eigenvalue weighted by Crippen LogP contribution is 2.15. The van der Waals surface area contributed by atoms with Crippen molar-refractivity contribution in [2.45, 2.75) is 38.8 Å². The van der Waals surface area contributed by atoms with Crippen LogP contribution in [0, 0.1) is 0 Å². The van der Waals surface area contributed by atoms with Crippen molar-refractivity contribution in [3.8, 4) is 0 Å². The Kier molecular flexibility index (Phi) is 6.45. The lowest BCUT2D eigenvalue weighted by atomic mass is 10.1. The number of amides is 3. The van der Waals surface area contributed by atoms with Crippen LogP contribution in [0.15, 0.2) is 0 Å². The molecule has 0 aromatic rings. The molecule has 2 aliphatic rings. The van der Waals surface area contributed by atoms with Crippen LogP contribution < -0.4 is 10.6 Å². The monoisotopic (exact) mass is 312 g/mol. The molecule has 2 unspecified atom stereocenters. The third-order valence-corrected chi connectivity index (χ3v) is 4.27. The molecule has 0 saturated carbocycles. The summed E-state index contributed by atoms with van der Waals surface area (Å²) in [5.74, 6) is 0.0485. The van der Waals surface area contributed by atoms with Gasteiger partial charge < -0.3 is 20.3 Å². The summed E-state index contributed by atoms with van der Waals surface area (Å²) in [6, 6.07) is 0.0176. The van der Waals surface area contributed by atoms with Crippen LogP contribution in [0.2, 0.25) is 0 Å². The molecule has 22 heavy (non-hydrogen) atoms. The first-order valence-corrected chi connectivity index (χ1v) is 8.26. The van der Waals surface area contributed by atoms with E-state index in [-0.39, 0.29) is 24.1 Å². The summed E-state index contributed by atoms with van der Waals surface area (Å²) in [6.07, 6.45) is 2.23. The zero-order valence-electron chi connectivity index (χ0n) is 13.6. The van der Waals surface area contributed by atoms with Gasteiger partial charge in [-0.1, -0.05) is 0 Å². The van der Waals surface area contributed by atoms with Gasteiger partial charge >= 0.3 is 6.03 Å². The second kappa shape index (κ2) is 8.33. The zero-order valence-corrected chi connectivity index (χ0v) is 13.6. The highest BCUT2D eigenvalue weighted by molar-refractivity contribution is 5.78. The van der Waals surface area contributed by atoms with E-state index in [4.69, 9.17) is 4.74 Å². The number of hydrogen-bond acceptors (Lipinski definition) is 4. The third-order valence-electron chi connectivity index (χ3n) is 4.27. The molecule has 2 rings (SSSR count). The van der Waals surface area contributed by atoms with Crippen LogP contribution in [0.3, 0.4) is 0 Å². The Labute approximate surface area is 132 Å². The Morgan fingerprint density at radius 3 is 2.59 bits per heavy atom. The predicted molar refractivity (Wildman–Crippen MR) is 83.7 cm³/mol. The van der Waals surface area contributed by atoms with Crippen molar-refractivity contribution in [1.29, 1.82) is 0 Å². The summed E-state index contributed by atoms with van der Waals surface area (Å²) < 4.78 is 5.60. The fourth-order valence-corrected chi connectivity index (χ4v) is 2.94. The van der Waals surface area contributed by atoms with Crippen LogP contribution >= 0.6 is 0 Å². The standard InChI is InChI=1S/C15H28N4O3/c1-3-16-14(20)11-18-6-8-19(9-7-18)15(21)17-12(2)13-5-4-10-22-13/h12-13H,3-11H2,1-2H3,(H,16,20)(H,17,21). The van der Waals surface area contributed by atoms with E-state index in [2.05, 4.69) is 15.5 Å².